The van der Waals surface area contributed by atoms with Crippen molar-refractivity contribution < 1.29 is 31.1 Å². The van der Waals surface area contributed by atoms with E-state index < -0.39 is 29.5 Å². The van der Waals surface area contributed by atoms with Crippen LogP contribution in [0.4, 0.5) is 26.3 Å². The lowest BCUT2D eigenvalue weighted by Crippen LogP contribution is -2.14. The van der Waals surface area contributed by atoms with Gasteiger partial charge in [0.1, 0.15) is 11.3 Å². The summed E-state index contributed by atoms with van der Waals surface area (Å²) in [6.45, 7) is 1.14. The monoisotopic (exact) mass is 259 g/mol. The summed E-state index contributed by atoms with van der Waals surface area (Å²) < 4.78 is 78.4. The third kappa shape index (κ3) is 3.24. The van der Waals surface area contributed by atoms with E-state index in [4.69, 9.17) is 0 Å². The summed E-state index contributed by atoms with van der Waals surface area (Å²) in [7, 11) is 0. The Morgan fingerprint density at radius 3 is 2.06 bits per heavy atom. The number of nitrogens with zero attached hydrogens (tertiary/aromatic N) is 1. The van der Waals surface area contributed by atoms with Crippen LogP contribution in [0.3, 0.4) is 0 Å². The predicted molar refractivity (Wildman–Crippen MR) is 45.4 cm³/mol. The summed E-state index contributed by atoms with van der Waals surface area (Å²) in [5, 5.41) is 0. The molecule has 1 aromatic rings. The Morgan fingerprint density at radius 2 is 1.65 bits per heavy atom. The standard InChI is InChI=1S/C9H7F6NO/c1-2-17-7-5(8(10,11)12)3-4-6(16-7)9(13,14)15/h3-4H,2H2,1H3. The Morgan fingerprint density at radius 1 is 1.06 bits per heavy atom. The van der Waals surface area contributed by atoms with Gasteiger partial charge in [-0.3, -0.25) is 0 Å². The van der Waals surface area contributed by atoms with Gasteiger partial charge in [-0.1, -0.05) is 0 Å². The minimum absolute atomic E-state index is 0.211. The van der Waals surface area contributed by atoms with E-state index in [1.807, 2.05) is 0 Å². The van der Waals surface area contributed by atoms with Gasteiger partial charge >= 0.3 is 12.4 Å². The van der Waals surface area contributed by atoms with Gasteiger partial charge < -0.3 is 4.74 Å². The fourth-order valence-corrected chi connectivity index (χ4v) is 1.06. The van der Waals surface area contributed by atoms with Gasteiger partial charge in [0, 0.05) is 0 Å². The predicted octanol–water partition coefficient (Wildman–Crippen LogP) is 3.52. The topological polar surface area (TPSA) is 22.1 Å². The van der Waals surface area contributed by atoms with Crippen LogP contribution in [0.2, 0.25) is 0 Å². The number of alkyl halides is 6. The molecule has 0 saturated heterocycles. The van der Waals surface area contributed by atoms with Gasteiger partial charge in [-0.2, -0.15) is 26.3 Å². The molecule has 0 amide bonds. The maximum absolute atomic E-state index is 12.4. The van der Waals surface area contributed by atoms with Gasteiger partial charge in [0.15, 0.2) is 0 Å². The van der Waals surface area contributed by atoms with Crippen molar-refractivity contribution in [3.8, 4) is 5.88 Å². The highest BCUT2D eigenvalue weighted by atomic mass is 19.4. The van der Waals surface area contributed by atoms with E-state index >= 15 is 0 Å². The van der Waals surface area contributed by atoms with Crippen LogP contribution < -0.4 is 4.74 Å². The van der Waals surface area contributed by atoms with Gasteiger partial charge in [-0.25, -0.2) is 4.98 Å². The molecule has 0 aliphatic carbocycles. The lowest BCUT2D eigenvalue weighted by molar-refractivity contribution is -0.145. The Bertz CT molecular complexity index is 397. The molecule has 0 aromatic carbocycles. The second-order valence-corrected chi connectivity index (χ2v) is 2.98. The van der Waals surface area contributed by atoms with Crippen LogP contribution in [0.5, 0.6) is 5.88 Å². The Hall–Kier alpha value is -1.47. The molecule has 0 aliphatic heterocycles. The molecule has 8 heteroatoms. The summed E-state index contributed by atoms with van der Waals surface area (Å²) in [5.41, 5.74) is -2.75. The molecule has 0 fully saturated rings. The van der Waals surface area contributed by atoms with E-state index in [-0.39, 0.29) is 12.7 Å². The van der Waals surface area contributed by atoms with E-state index in [9.17, 15) is 26.3 Å². The molecule has 0 bridgehead atoms. The fourth-order valence-electron chi connectivity index (χ4n) is 1.06. The minimum atomic E-state index is -4.81. The molecule has 0 atom stereocenters. The molecule has 0 N–H and O–H groups in total. The van der Waals surface area contributed by atoms with Crippen molar-refractivity contribution in [2.45, 2.75) is 19.3 Å². The number of hydrogen-bond acceptors (Lipinski definition) is 2. The summed E-state index contributed by atoms with van der Waals surface area (Å²) in [5.74, 6) is -1.06. The Kier molecular flexibility index (Phi) is 3.53. The van der Waals surface area contributed by atoms with Gasteiger partial charge in [-0.15, -0.1) is 0 Å². The van der Waals surface area contributed by atoms with Gasteiger partial charge in [0.2, 0.25) is 5.88 Å². The van der Waals surface area contributed by atoms with Crippen molar-refractivity contribution in [3.63, 3.8) is 0 Å². The van der Waals surface area contributed by atoms with Crippen molar-refractivity contribution in [2.24, 2.45) is 0 Å². The van der Waals surface area contributed by atoms with E-state index in [1.165, 1.54) is 6.92 Å². The van der Waals surface area contributed by atoms with Crippen molar-refractivity contribution in [1.29, 1.82) is 0 Å². The number of halogens is 6. The molecule has 0 aliphatic rings. The van der Waals surface area contributed by atoms with Crippen LogP contribution in [0, 0.1) is 0 Å². The highest BCUT2D eigenvalue weighted by molar-refractivity contribution is 5.31. The number of rotatable bonds is 2. The first-order valence-corrected chi connectivity index (χ1v) is 4.44. The van der Waals surface area contributed by atoms with Crippen molar-refractivity contribution in [3.05, 3.63) is 23.4 Å². The second kappa shape index (κ2) is 4.42. The van der Waals surface area contributed by atoms with Crippen LogP contribution in [0.15, 0.2) is 12.1 Å². The smallest absolute Gasteiger partial charge is 0.433 e. The lowest BCUT2D eigenvalue weighted by Gasteiger charge is -2.14. The molecule has 1 aromatic heterocycles. The molecule has 0 radical (unpaired) electrons. The van der Waals surface area contributed by atoms with E-state index in [0.29, 0.717) is 6.07 Å². The van der Waals surface area contributed by atoms with E-state index in [0.717, 1.165) is 0 Å². The van der Waals surface area contributed by atoms with Crippen LogP contribution in [-0.4, -0.2) is 11.6 Å². The van der Waals surface area contributed by atoms with Crippen molar-refractivity contribution in [2.75, 3.05) is 6.61 Å². The van der Waals surface area contributed by atoms with Crippen LogP contribution in [0.1, 0.15) is 18.2 Å². The number of ether oxygens (including phenoxy) is 1. The van der Waals surface area contributed by atoms with E-state index in [2.05, 4.69) is 9.72 Å². The third-order valence-corrected chi connectivity index (χ3v) is 1.74. The average Bonchev–Trinajstić information content (AvgIpc) is 2.15. The highest BCUT2D eigenvalue weighted by Crippen LogP contribution is 2.37. The largest absolute Gasteiger partial charge is 0.478 e. The first-order valence-electron chi connectivity index (χ1n) is 4.44. The minimum Gasteiger partial charge on any atom is -0.478 e. The molecular formula is C9H7F6NO. The summed E-state index contributed by atoms with van der Waals surface area (Å²) >= 11 is 0. The number of aromatic nitrogens is 1. The Labute approximate surface area is 92.2 Å². The normalized spacial score (nSPS) is 12.6. The zero-order valence-corrected chi connectivity index (χ0v) is 8.49. The quantitative estimate of drug-likeness (QED) is 0.758. The molecule has 2 nitrogen and oxygen atoms in total. The van der Waals surface area contributed by atoms with Crippen molar-refractivity contribution in [1.82, 2.24) is 4.98 Å². The number of hydrogen-bond donors (Lipinski definition) is 0. The maximum atomic E-state index is 12.4. The molecule has 1 rings (SSSR count). The van der Waals surface area contributed by atoms with Crippen molar-refractivity contribution >= 4 is 0 Å². The summed E-state index contributed by atoms with van der Waals surface area (Å²) in [4.78, 5) is 2.83. The van der Waals surface area contributed by atoms with Crippen LogP contribution in [-0.2, 0) is 12.4 Å². The average molecular weight is 259 g/mol. The van der Waals surface area contributed by atoms with Crippen LogP contribution >= 0.6 is 0 Å². The highest BCUT2D eigenvalue weighted by Gasteiger charge is 2.39. The molecule has 96 valence electrons. The zero-order valence-electron chi connectivity index (χ0n) is 8.49. The van der Waals surface area contributed by atoms with Gasteiger partial charge in [0.25, 0.3) is 0 Å². The summed E-state index contributed by atoms with van der Waals surface area (Å²) in [6.07, 6.45) is -9.61. The molecule has 0 unspecified atom stereocenters. The van der Waals surface area contributed by atoms with Gasteiger partial charge in [-0.05, 0) is 19.1 Å². The fraction of sp³-hybridized carbons (Fsp3) is 0.444. The summed E-state index contributed by atoms with van der Waals surface area (Å²) in [6, 6.07) is 0.576. The third-order valence-electron chi connectivity index (χ3n) is 1.74. The first kappa shape index (κ1) is 13.6. The Balaban J connectivity index is 3.27. The molecule has 17 heavy (non-hydrogen) atoms. The molecule has 0 spiro atoms. The maximum Gasteiger partial charge on any atom is 0.433 e. The lowest BCUT2D eigenvalue weighted by atomic mass is 10.2. The molecule has 0 saturated carbocycles. The molecular weight excluding hydrogens is 252 g/mol. The molecule has 1 heterocycles. The number of pyridine rings is 1. The second-order valence-electron chi connectivity index (χ2n) is 2.98. The first-order chi connectivity index (χ1) is 7.66. The van der Waals surface area contributed by atoms with Crippen LogP contribution in [0.25, 0.3) is 0 Å². The van der Waals surface area contributed by atoms with E-state index in [1.54, 1.807) is 0 Å². The zero-order chi connectivity index (χ0) is 13.3. The van der Waals surface area contributed by atoms with Gasteiger partial charge in [0.05, 0.1) is 6.61 Å². The SMILES string of the molecule is CCOc1nc(C(F)(F)F)ccc1C(F)(F)F.